The zero-order valence-electron chi connectivity index (χ0n) is 11.2. The molecule has 0 aromatic carbocycles. The van der Waals surface area contributed by atoms with Crippen molar-refractivity contribution in [2.45, 2.75) is 19.4 Å². The van der Waals surface area contributed by atoms with Crippen LogP contribution in [-0.4, -0.2) is 70.0 Å². The Hall–Kier alpha value is -0.210. The first kappa shape index (κ1) is 14.2. The summed E-state index contributed by atoms with van der Waals surface area (Å²) in [5.74, 6) is 0.348. The lowest BCUT2D eigenvalue weighted by Gasteiger charge is -2.35. The predicted molar refractivity (Wildman–Crippen MR) is 71.6 cm³/mol. The van der Waals surface area contributed by atoms with E-state index in [1.807, 2.05) is 7.05 Å². The van der Waals surface area contributed by atoms with E-state index in [2.05, 4.69) is 21.9 Å². The number of likely N-dealkylation sites (N-methyl/N-ethyl adjacent to an activating group) is 1. The van der Waals surface area contributed by atoms with Crippen molar-refractivity contribution in [3.63, 3.8) is 0 Å². The van der Waals surface area contributed by atoms with Gasteiger partial charge in [-0.1, -0.05) is 6.92 Å². The number of piperazine rings is 1. The lowest BCUT2D eigenvalue weighted by atomic mass is 9.97. The Balaban J connectivity index is 1.94. The number of hydrogen-bond donors (Lipinski definition) is 2. The molecule has 0 bridgehead atoms. The molecule has 0 aromatic rings. The molecule has 0 radical (unpaired) electrons. The van der Waals surface area contributed by atoms with Gasteiger partial charge in [-0.3, -0.25) is 0 Å². The molecule has 6 nitrogen and oxygen atoms in total. The number of hydrogen-bond acceptors (Lipinski definition) is 4. The molecule has 0 saturated carbocycles. The zero-order chi connectivity index (χ0) is 13.2. The highest BCUT2D eigenvalue weighted by molar-refractivity contribution is 7.87. The van der Waals surface area contributed by atoms with Crippen molar-refractivity contribution in [3.8, 4) is 0 Å². The lowest BCUT2D eigenvalue weighted by Crippen LogP contribution is -2.55. The average Bonchev–Trinajstić information content (AvgIpc) is 2.32. The van der Waals surface area contributed by atoms with E-state index in [4.69, 9.17) is 0 Å². The predicted octanol–water partition coefficient (Wildman–Crippen LogP) is -0.934. The van der Waals surface area contributed by atoms with Gasteiger partial charge in [-0.05, 0) is 32.5 Å². The molecular weight excluding hydrogens is 252 g/mol. The van der Waals surface area contributed by atoms with Gasteiger partial charge in [0.2, 0.25) is 0 Å². The minimum absolute atomic E-state index is 0.0657. The molecule has 2 aliphatic rings. The fraction of sp³-hybridized carbons (Fsp3) is 1.00. The molecule has 0 unspecified atom stereocenters. The van der Waals surface area contributed by atoms with E-state index < -0.39 is 10.2 Å². The summed E-state index contributed by atoms with van der Waals surface area (Å²) >= 11 is 0. The summed E-state index contributed by atoms with van der Waals surface area (Å²) in [6, 6.07) is 0.0657. The van der Waals surface area contributed by atoms with Crippen LogP contribution < -0.4 is 10.0 Å². The van der Waals surface area contributed by atoms with Crippen molar-refractivity contribution in [2.24, 2.45) is 5.92 Å². The highest BCUT2D eigenvalue weighted by Gasteiger charge is 2.30. The summed E-state index contributed by atoms with van der Waals surface area (Å²) < 4.78 is 29.0. The van der Waals surface area contributed by atoms with Crippen LogP contribution >= 0.6 is 0 Å². The molecule has 18 heavy (non-hydrogen) atoms. The molecule has 2 saturated heterocycles. The minimum atomic E-state index is -3.31. The summed E-state index contributed by atoms with van der Waals surface area (Å²) in [5, 5.41) is 3.28. The van der Waals surface area contributed by atoms with Gasteiger partial charge in [0.1, 0.15) is 0 Å². The van der Waals surface area contributed by atoms with Gasteiger partial charge in [0.15, 0.2) is 0 Å². The second kappa shape index (κ2) is 5.83. The van der Waals surface area contributed by atoms with Crippen molar-refractivity contribution < 1.29 is 8.42 Å². The molecule has 2 fully saturated rings. The molecule has 106 valence electrons. The molecule has 7 heteroatoms. The maximum Gasteiger partial charge on any atom is 0.279 e. The summed E-state index contributed by atoms with van der Waals surface area (Å²) in [6.45, 7) is 6.65. The summed E-state index contributed by atoms with van der Waals surface area (Å²) in [7, 11) is -1.29. The molecule has 2 N–H and O–H groups in total. The van der Waals surface area contributed by atoms with Crippen LogP contribution in [0.3, 0.4) is 0 Å². The van der Waals surface area contributed by atoms with E-state index in [-0.39, 0.29) is 6.04 Å². The third-order valence-corrected chi connectivity index (χ3v) is 5.53. The van der Waals surface area contributed by atoms with Crippen LogP contribution in [-0.2, 0) is 10.2 Å². The number of rotatable bonds is 3. The van der Waals surface area contributed by atoms with Crippen LogP contribution in [0.1, 0.15) is 13.3 Å². The first-order valence-electron chi connectivity index (χ1n) is 6.66. The maximum atomic E-state index is 12.3. The van der Waals surface area contributed by atoms with E-state index in [0.717, 1.165) is 32.6 Å². The number of piperidine rings is 1. The summed E-state index contributed by atoms with van der Waals surface area (Å²) in [6.07, 6.45) is 0.869. The van der Waals surface area contributed by atoms with Gasteiger partial charge < -0.3 is 10.2 Å². The SMILES string of the molecule is C[C@H]1CNCC[C@H]1NS(=O)(=O)N1CCN(C)CC1. The van der Waals surface area contributed by atoms with Gasteiger partial charge in [0.25, 0.3) is 10.2 Å². The molecule has 0 aliphatic carbocycles. The largest absolute Gasteiger partial charge is 0.316 e. The average molecular weight is 276 g/mol. The van der Waals surface area contributed by atoms with Gasteiger partial charge in [-0.15, -0.1) is 0 Å². The monoisotopic (exact) mass is 276 g/mol. The Morgan fingerprint density at radius 3 is 2.50 bits per heavy atom. The highest BCUT2D eigenvalue weighted by atomic mass is 32.2. The fourth-order valence-corrected chi connectivity index (χ4v) is 4.01. The molecule has 0 aromatic heterocycles. The smallest absolute Gasteiger partial charge is 0.279 e. The van der Waals surface area contributed by atoms with E-state index in [1.54, 1.807) is 4.31 Å². The van der Waals surface area contributed by atoms with Crippen LogP contribution in [0.2, 0.25) is 0 Å². The maximum absolute atomic E-state index is 12.3. The van der Waals surface area contributed by atoms with Crippen molar-refractivity contribution in [2.75, 3.05) is 46.3 Å². The molecule has 2 atom stereocenters. The van der Waals surface area contributed by atoms with Crippen molar-refractivity contribution in [1.82, 2.24) is 19.2 Å². The van der Waals surface area contributed by atoms with E-state index in [1.165, 1.54) is 0 Å². The van der Waals surface area contributed by atoms with Crippen molar-refractivity contribution in [3.05, 3.63) is 0 Å². The zero-order valence-corrected chi connectivity index (χ0v) is 12.0. The van der Waals surface area contributed by atoms with Crippen LogP contribution in [0.4, 0.5) is 0 Å². The highest BCUT2D eigenvalue weighted by Crippen LogP contribution is 2.13. The van der Waals surface area contributed by atoms with Crippen molar-refractivity contribution in [1.29, 1.82) is 0 Å². The van der Waals surface area contributed by atoms with Crippen LogP contribution in [0.15, 0.2) is 0 Å². The van der Waals surface area contributed by atoms with Gasteiger partial charge in [0.05, 0.1) is 0 Å². The van der Waals surface area contributed by atoms with Gasteiger partial charge in [0, 0.05) is 32.2 Å². The van der Waals surface area contributed by atoms with Crippen LogP contribution in [0, 0.1) is 5.92 Å². The topological polar surface area (TPSA) is 64.7 Å². The standard InChI is InChI=1S/C11H24N4O2S/c1-10-9-12-4-3-11(10)13-18(16,17)15-7-5-14(2)6-8-15/h10-13H,3-9H2,1-2H3/t10-,11+/m0/s1. The summed E-state index contributed by atoms with van der Waals surface area (Å²) in [5.41, 5.74) is 0. The Morgan fingerprint density at radius 1 is 1.22 bits per heavy atom. The Bertz CT molecular complexity index is 365. The molecule has 2 aliphatic heterocycles. The molecule has 0 amide bonds. The van der Waals surface area contributed by atoms with Crippen LogP contribution in [0.25, 0.3) is 0 Å². The third kappa shape index (κ3) is 3.42. The Kier molecular flexibility index (Phi) is 4.60. The van der Waals surface area contributed by atoms with Crippen molar-refractivity contribution >= 4 is 10.2 Å². The second-order valence-electron chi connectivity index (χ2n) is 5.40. The minimum Gasteiger partial charge on any atom is -0.316 e. The Morgan fingerprint density at radius 2 is 1.89 bits per heavy atom. The quantitative estimate of drug-likeness (QED) is 0.699. The molecule has 2 heterocycles. The lowest BCUT2D eigenvalue weighted by molar-refractivity contribution is 0.217. The Labute approximate surface area is 110 Å². The third-order valence-electron chi connectivity index (χ3n) is 3.89. The second-order valence-corrected chi connectivity index (χ2v) is 7.10. The first-order chi connectivity index (χ1) is 8.49. The van der Waals surface area contributed by atoms with E-state index >= 15 is 0 Å². The van der Waals surface area contributed by atoms with Crippen LogP contribution in [0.5, 0.6) is 0 Å². The van der Waals surface area contributed by atoms with Gasteiger partial charge in [-0.2, -0.15) is 17.4 Å². The van der Waals surface area contributed by atoms with Gasteiger partial charge in [-0.25, -0.2) is 0 Å². The molecular formula is C11H24N4O2S. The number of nitrogens with zero attached hydrogens (tertiary/aromatic N) is 2. The molecule has 0 spiro atoms. The normalized spacial score (nSPS) is 32.6. The summed E-state index contributed by atoms with van der Waals surface area (Å²) in [4.78, 5) is 2.15. The van der Waals surface area contributed by atoms with E-state index in [9.17, 15) is 8.42 Å². The number of nitrogens with one attached hydrogen (secondary N) is 2. The van der Waals surface area contributed by atoms with E-state index in [0.29, 0.717) is 19.0 Å². The first-order valence-corrected chi connectivity index (χ1v) is 8.10. The fourth-order valence-electron chi connectivity index (χ4n) is 2.48. The van der Waals surface area contributed by atoms with Gasteiger partial charge >= 0.3 is 0 Å². The molecule has 2 rings (SSSR count).